The molecule has 0 aliphatic carbocycles. The minimum Gasteiger partial charge on any atom is -0.444 e. The van der Waals surface area contributed by atoms with Gasteiger partial charge in [0.1, 0.15) is 6.10 Å². The molecule has 3 atom stereocenters. The highest BCUT2D eigenvalue weighted by Gasteiger charge is 2.48. The van der Waals surface area contributed by atoms with Crippen LogP contribution in [0.5, 0.6) is 0 Å². The SMILES string of the molecule is C=CC[C@H]1OC(=O)N2[C@H](Cc3ccccc3Cl)CC[C@@H]12. The molecule has 0 spiro atoms. The maximum atomic E-state index is 12.1. The van der Waals surface area contributed by atoms with Gasteiger partial charge >= 0.3 is 6.09 Å². The van der Waals surface area contributed by atoms with Gasteiger partial charge in [-0.1, -0.05) is 35.9 Å². The lowest BCUT2D eigenvalue weighted by atomic mass is 10.0. The van der Waals surface area contributed by atoms with Crippen LogP contribution in [0.25, 0.3) is 0 Å². The van der Waals surface area contributed by atoms with Crippen LogP contribution >= 0.6 is 11.6 Å². The van der Waals surface area contributed by atoms with E-state index < -0.39 is 0 Å². The highest BCUT2D eigenvalue weighted by molar-refractivity contribution is 6.31. The number of hydrogen-bond acceptors (Lipinski definition) is 2. The smallest absolute Gasteiger partial charge is 0.410 e. The Kier molecular flexibility index (Phi) is 3.70. The molecule has 0 N–H and O–H groups in total. The monoisotopic (exact) mass is 291 g/mol. The van der Waals surface area contributed by atoms with E-state index in [1.807, 2.05) is 35.2 Å². The van der Waals surface area contributed by atoms with E-state index in [0.29, 0.717) is 0 Å². The number of hydrogen-bond donors (Lipinski definition) is 0. The Morgan fingerprint density at radius 3 is 2.95 bits per heavy atom. The summed E-state index contributed by atoms with van der Waals surface area (Å²) in [6, 6.07) is 8.23. The Hall–Kier alpha value is -1.48. The number of nitrogens with zero attached hydrogens (tertiary/aromatic N) is 1. The van der Waals surface area contributed by atoms with Crippen molar-refractivity contribution in [3.63, 3.8) is 0 Å². The zero-order valence-corrected chi connectivity index (χ0v) is 12.1. The summed E-state index contributed by atoms with van der Waals surface area (Å²) >= 11 is 6.21. The third kappa shape index (κ3) is 2.31. The predicted molar refractivity (Wildman–Crippen MR) is 78.9 cm³/mol. The fourth-order valence-corrected chi connectivity index (χ4v) is 3.53. The van der Waals surface area contributed by atoms with Crippen molar-refractivity contribution >= 4 is 17.7 Å². The van der Waals surface area contributed by atoms with Crippen molar-refractivity contribution in [2.45, 2.75) is 43.9 Å². The molecule has 1 amide bonds. The summed E-state index contributed by atoms with van der Waals surface area (Å²) in [4.78, 5) is 14.0. The van der Waals surface area contributed by atoms with Gasteiger partial charge in [-0.25, -0.2) is 4.79 Å². The molecule has 2 aliphatic heterocycles. The zero-order chi connectivity index (χ0) is 14.1. The quantitative estimate of drug-likeness (QED) is 0.790. The first-order valence-electron chi connectivity index (χ1n) is 7.04. The van der Waals surface area contributed by atoms with Crippen molar-refractivity contribution in [1.82, 2.24) is 4.90 Å². The average molecular weight is 292 g/mol. The number of halogens is 1. The van der Waals surface area contributed by atoms with Crippen molar-refractivity contribution in [2.24, 2.45) is 0 Å². The second-order valence-corrected chi connectivity index (χ2v) is 5.86. The molecule has 2 saturated heterocycles. The summed E-state index contributed by atoms with van der Waals surface area (Å²) in [7, 11) is 0. The zero-order valence-electron chi connectivity index (χ0n) is 11.3. The summed E-state index contributed by atoms with van der Waals surface area (Å²) in [5, 5.41) is 0.770. The molecule has 0 saturated carbocycles. The molecule has 0 radical (unpaired) electrons. The number of ether oxygens (including phenoxy) is 1. The van der Waals surface area contributed by atoms with Gasteiger partial charge in [0.25, 0.3) is 0 Å². The van der Waals surface area contributed by atoms with Crippen LogP contribution in [-0.2, 0) is 11.2 Å². The van der Waals surface area contributed by atoms with Crippen LogP contribution in [0.4, 0.5) is 4.79 Å². The van der Waals surface area contributed by atoms with Gasteiger partial charge in [-0.05, 0) is 30.9 Å². The average Bonchev–Trinajstić information content (AvgIpc) is 2.97. The molecule has 2 aliphatic rings. The lowest BCUT2D eigenvalue weighted by Gasteiger charge is -2.22. The van der Waals surface area contributed by atoms with E-state index >= 15 is 0 Å². The van der Waals surface area contributed by atoms with Gasteiger partial charge in [0.05, 0.1) is 6.04 Å². The second kappa shape index (κ2) is 5.49. The van der Waals surface area contributed by atoms with Crippen LogP contribution in [0.1, 0.15) is 24.8 Å². The summed E-state index contributed by atoms with van der Waals surface area (Å²) in [5.74, 6) is 0. The Labute approximate surface area is 124 Å². The summed E-state index contributed by atoms with van der Waals surface area (Å²) in [5.41, 5.74) is 1.10. The number of carbonyl (C=O) groups is 1. The molecule has 0 bridgehead atoms. The molecule has 2 heterocycles. The van der Waals surface area contributed by atoms with Crippen molar-refractivity contribution in [3.05, 3.63) is 47.5 Å². The number of fused-ring (bicyclic) bond motifs is 1. The maximum absolute atomic E-state index is 12.1. The molecule has 4 heteroatoms. The van der Waals surface area contributed by atoms with Crippen molar-refractivity contribution in [1.29, 1.82) is 0 Å². The first kappa shape index (κ1) is 13.5. The molecular formula is C16H18ClNO2. The lowest BCUT2D eigenvalue weighted by Crippen LogP contribution is -2.37. The van der Waals surface area contributed by atoms with E-state index in [1.54, 1.807) is 0 Å². The normalized spacial score (nSPS) is 28.4. The molecule has 20 heavy (non-hydrogen) atoms. The van der Waals surface area contributed by atoms with Crippen LogP contribution in [0.15, 0.2) is 36.9 Å². The molecule has 106 valence electrons. The molecule has 2 fully saturated rings. The lowest BCUT2D eigenvalue weighted by molar-refractivity contribution is 0.124. The van der Waals surface area contributed by atoms with Gasteiger partial charge in [-0.3, -0.25) is 4.90 Å². The minimum atomic E-state index is -0.184. The summed E-state index contributed by atoms with van der Waals surface area (Å²) in [6.45, 7) is 3.73. The molecule has 1 aromatic carbocycles. The van der Waals surface area contributed by atoms with Crippen molar-refractivity contribution in [2.75, 3.05) is 0 Å². The fourth-order valence-electron chi connectivity index (χ4n) is 3.32. The van der Waals surface area contributed by atoms with Crippen LogP contribution in [0, 0.1) is 0 Å². The minimum absolute atomic E-state index is 0.0313. The second-order valence-electron chi connectivity index (χ2n) is 5.45. The molecular weight excluding hydrogens is 274 g/mol. The van der Waals surface area contributed by atoms with E-state index in [-0.39, 0.29) is 24.3 Å². The molecule has 1 aromatic rings. The number of carbonyl (C=O) groups excluding carboxylic acids is 1. The van der Waals surface area contributed by atoms with Gasteiger partial charge in [0, 0.05) is 17.5 Å². The predicted octanol–water partition coefficient (Wildman–Crippen LogP) is 3.81. The van der Waals surface area contributed by atoms with Crippen molar-refractivity contribution < 1.29 is 9.53 Å². The highest BCUT2D eigenvalue weighted by Crippen LogP contribution is 2.37. The number of amides is 1. The largest absolute Gasteiger partial charge is 0.444 e. The highest BCUT2D eigenvalue weighted by atomic mass is 35.5. The topological polar surface area (TPSA) is 29.5 Å². The Morgan fingerprint density at radius 1 is 1.40 bits per heavy atom. The summed E-state index contributed by atoms with van der Waals surface area (Å²) in [6.07, 6.45) is 5.14. The van der Waals surface area contributed by atoms with E-state index in [0.717, 1.165) is 36.3 Å². The van der Waals surface area contributed by atoms with E-state index in [9.17, 15) is 4.79 Å². The first-order valence-corrected chi connectivity index (χ1v) is 7.41. The third-order valence-electron chi connectivity index (χ3n) is 4.25. The van der Waals surface area contributed by atoms with Gasteiger partial charge in [0.15, 0.2) is 0 Å². The first-order chi connectivity index (χ1) is 9.70. The maximum Gasteiger partial charge on any atom is 0.410 e. The summed E-state index contributed by atoms with van der Waals surface area (Å²) < 4.78 is 5.45. The van der Waals surface area contributed by atoms with Gasteiger partial charge in [-0.2, -0.15) is 0 Å². The Balaban J connectivity index is 1.75. The molecule has 0 aromatic heterocycles. The standard InChI is InChI=1S/C16H18ClNO2/c1-2-5-15-14-9-8-12(18(14)16(19)20-15)10-11-6-3-4-7-13(11)17/h2-4,6-7,12,14-15H,1,5,8-10H2/t12-,14-,15+/m0/s1. The number of cyclic esters (lactones) is 1. The Morgan fingerprint density at radius 2 is 2.20 bits per heavy atom. The third-order valence-corrected chi connectivity index (χ3v) is 4.62. The number of rotatable bonds is 4. The van der Waals surface area contributed by atoms with Gasteiger partial charge in [0.2, 0.25) is 0 Å². The number of benzene rings is 1. The van der Waals surface area contributed by atoms with Crippen LogP contribution in [0.3, 0.4) is 0 Å². The van der Waals surface area contributed by atoms with Gasteiger partial charge in [-0.15, -0.1) is 6.58 Å². The molecule has 3 rings (SSSR count). The fraction of sp³-hybridized carbons (Fsp3) is 0.438. The molecule has 3 nitrogen and oxygen atoms in total. The molecule has 0 unspecified atom stereocenters. The van der Waals surface area contributed by atoms with Crippen LogP contribution < -0.4 is 0 Å². The van der Waals surface area contributed by atoms with E-state index in [1.165, 1.54) is 0 Å². The van der Waals surface area contributed by atoms with Gasteiger partial charge < -0.3 is 4.74 Å². The van der Waals surface area contributed by atoms with Crippen molar-refractivity contribution in [3.8, 4) is 0 Å². The van der Waals surface area contributed by atoms with E-state index in [4.69, 9.17) is 16.3 Å². The van der Waals surface area contributed by atoms with Crippen LogP contribution in [0.2, 0.25) is 5.02 Å². The van der Waals surface area contributed by atoms with E-state index in [2.05, 4.69) is 6.58 Å². The van der Waals surface area contributed by atoms with Crippen LogP contribution in [-0.4, -0.2) is 29.2 Å². The Bertz CT molecular complexity index is 531.